The van der Waals surface area contributed by atoms with Gasteiger partial charge in [0.25, 0.3) is 5.91 Å². The number of rotatable bonds is 10. The first-order chi connectivity index (χ1) is 19.8. The van der Waals surface area contributed by atoms with E-state index in [4.69, 9.17) is 9.47 Å². The SMILES string of the molecule is COc1cc(Nc2ncc(-c3cncc(C(=O)NCCS(C)(=O)=O)c3)c(-n3nc(C(F)(F)F)cc3C)n2)cc(OC)c1. The quantitative estimate of drug-likeness (QED) is 0.275. The first-order valence-corrected chi connectivity index (χ1v) is 14.3. The van der Waals surface area contributed by atoms with Gasteiger partial charge in [-0.1, -0.05) is 0 Å². The molecule has 42 heavy (non-hydrogen) atoms. The number of aryl methyl sites for hydroxylation is 1. The Kier molecular flexibility index (Phi) is 8.65. The smallest absolute Gasteiger partial charge is 0.435 e. The number of pyridine rings is 1. The highest BCUT2D eigenvalue weighted by molar-refractivity contribution is 7.90. The molecule has 4 aromatic rings. The summed E-state index contributed by atoms with van der Waals surface area (Å²) < 4.78 is 74.9. The van der Waals surface area contributed by atoms with Crippen LogP contribution in [0.3, 0.4) is 0 Å². The van der Waals surface area contributed by atoms with Crippen molar-refractivity contribution in [2.45, 2.75) is 13.1 Å². The Bertz CT molecular complexity index is 1700. The van der Waals surface area contributed by atoms with Gasteiger partial charge in [0.05, 0.1) is 25.5 Å². The summed E-state index contributed by atoms with van der Waals surface area (Å²) in [5.74, 6) is 0.114. The zero-order chi connectivity index (χ0) is 30.7. The molecule has 0 unspecified atom stereocenters. The van der Waals surface area contributed by atoms with Crippen molar-refractivity contribution >= 4 is 27.4 Å². The van der Waals surface area contributed by atoms with Crippen molar-refractivity contribution < 1.29 is 35.9 Å². The summed E-state index contributed by atoms with van der Waals surface area (Å²) in [5, 5.41) is 9.23. The number of hydrogen-bond donors (Lipinski definition) is 2. The van der Waals surface area contributed by atoms with Gasteiger partial charge in [-0.2, -0.15) is 23.3 Å². The normalized spacial score (nSPS) is 11.7. The molecule has 0 aliphatic carbocycles. The predicted molar refractivity (Wildman–Crippen MR) is 147 cm³/mol. The highest BCUT2D eigenvalue weighted by Gasteiger charge is 2.35. The maximum absolute atomic E-state index is 13.5. The van der Waals surface area contributed by atoms with Crippen LogP contribution in [0.2, 0.25) is 0 Å². The fourth-order valence-electron chi connectivity index (χ4n) is 3.80. The van der Waals surface area contributed by atoms with Gasteiger partial charge in [-0.25, -0.2) is 18.1 Å². The number of aromatic nitrogens is 5. The molecule has 3 aromatic heterocycles. The monoisotopic (exact) mass is 605 g/mol. The summed E-state index contributed by atoms with van der Waals surface area (Å²) in [6, 6.07) is 7.28. The van der Waals surface area contributed by atoms with E-state index in [2.05, 4.69) is 30.7 Å². The average molecular weight is 606 g/mol. The lowest BCUT2D eigenvalue weighted by Gasteiger charge is -2.14. The van der Waals surface area contributed by atoms with E-state index in [0.29, 0.717) is 22.7 Å². The van der Waals surface area contributed by atoms with E-state index in [1.165, 1.54) is 45.8 Å². The topological polar surface area (TPSA) is 150 Å². The number of carbonyl (C=O) groups excluding carboxylic acids is 1. The van der Waals surface area contributed by atoms with Gasteiger partial charge in [-0.15, -0.1) is 0 Å². The zero-order valence-corrected chi connectivity index (χ0v) is 23.7. The number of alkyl halides is 3. The van der Waals surface area contributed by atoms with E-state index in [1.807, 2.05) is 0 Å². The Morgan fingerprint density at radius 2 is 1.71 bits per heavy atom. The second-order valence-electron chi connectivity index (χ2n) is 9.09. The third-order valence-corrected chi connectivity index (χ3v) is 6.77. The second-order valence-corrected chi connectivity index (χ2v) is 11.3. The number of benzene rings is 1. The van der Waals surface area contributed by atoms with Gasteiger partial charge in [0, 0.05) is 72.1 Å². The number of ether oxygens (including phenoxy) is 2. The van der Waals surface area contributed by atoms with Crippen LogP contribution in [0.5, 0.6) is 11.5 Å². The van der Waals surface area contributed by atoms with Gasteiger partial charge >= 0.3 is 6.18 Å². The van der Waals surface area contributed by atoms with Crippen molar-refractivity contribution in [2.75, 3.05) is 38.1 Å². The minimum Gasteiger partial charge on any atom is -0.497 e. The average Bonchev–Trinajstić information content (AvgIpc) is 3.34. The molecule has 222 valence electrons. The van der Waals surface area contributed by atoms with Gasteiger partial charge in [0.15, 0.2) is 11.5 Å². The molecule has 12 nitrogen and oxygen atoms in total. The molecule has 16 heteroatoms. The van der Waals surface area contributed by atoms with Gasteiger partial charge in [-0.05, 0) is 19.1 Å². The van der Waals surface area contributed by atoms with Crippen LogP contribution in [0, 0.1) is 6.92 Å². The molecule has 0 fully saturated rings. The van der Waals surface area contributed by atoms with E-state index in [9.17, 15) is 26.4 Å². The van der Waals surface area contributed by atoms with E-state index >= 15 is 0 Å². The second kappa shape index (κ2) is 12.0. The van der Waals surface area contributed by atoms with Crippen LogP contribution >= 0.6 is 0 Å². The molecule has 2 N–H and O–H groups in total. The Morgan fingerprint density at radius 1 is 1.02 bits per heavy atom. The molecule has 0 bridgehead atoms. The summed E-state index contributed by atoms with van der Waals surface area (Å²) in [4.78, 5) is 25.5. The summed E-state index contributed by atoms with van der Waals surface area (Å²) >= 11 is 0. The van der Waals surface area contributed by atoms with E-state index < -0.39 is 27.6 Å². The number of carbonyl (C=O) groups is 1. The van der Waals surface area contributed by atoms with Crippen molar-refractivity contribution in [1.29, 1.82) is 0 Å². The summed E-state index contributed by atoms with van der Waals surface area (Å²) in [6.07, 6.45) is 0.366. The molecule has 3 heterocycles. The van der Waals surface area contributed by atoms with E-state index in [0.717, 1.165) is 17.0 Å². The van der Waals surface area contributed by atoms with Crippen molar-refractivity contribution in [2.24, 2.45) is 0 Å². The summed E-state index contributed by atoms with van der Waals surface area (Å²) in [5.41, 5.74) is 0.117. The van der Waals surface area contributed by atoms with Gasteiger partial charge in [-0.3, -0.25) is 9.78 Å². The number of halogens is 3. The number of methoxy groups -OCH3 is 2. The Hall–Kier alpha value is -4.73. The highest BCUT2D eigenvalue weighted by atomic mass is 32.2. The predicted octanol–water partition coefficient (Wildman–Crippen LogP) is 3.59. The van der Waals surface area contributed by atoms with Gasteiger partial charge in [0.1, 0.15) is 21.3 Å². The van der Waals surface area contributed by atoms with E-state index in [1.54, 1.807) is 18.2 Å². The Morgan fingerprint density at radius 3 is 2.31 bits per heavy atom. The minimum atomic E-state index is -4.70. The molecule has 1 aromatic carbocycles. The number of amides is 1. The molecular formula is C26H26F3N7O5S. The van der Waals surface area contributed by atoms with Gasteiger partial charge in [0.2, 0.25) is 5.95 Å². The zero-order valence-electron chi connectivity index (χ0n) is 22.9. The van der Waals surface area contributed by atoms with Crippen LogP contribution in [-0.4, -0.2) is 71.8 Å². The van der Waals surface area contributed by atoms with Crippen molar-refractivity contribution in [3.8, 4) is 28.4 Å². The standard InChI is InChI=1S/C26H26F3N7O5S/c1-15-7-22(26(27,28)29)35-36(15)23-21(16-8-17(13-30-12-16)24(37)31-5-6-42(4,38)39)14-32-25(34-23)33-18-9-19(40-2)11-20(10-18)41-3/h7-14H,5-6H2,1-4H3,(H,31,37)(H,32,33,34). The third-order valence-electron chi connectivity index (χ3n) is 5.82. The lowest BCUT2D eigenvalue weighted by Crippen LogP contribution is -2.28. The first kappa shape index (κ1) is 30.2. The minimum absolute atomic E-state index is 0.0215. The molecule has 0 aliphatic rings. The Balaban J connectivity index is 1.77. The molecular weight excluding hydrogens is 579 g/mol. The molecule has 0 spiro atoms. The molecule has 0 saturated heterocycles. The number of anilines is 2. The van der Waals surface area contributed by atoms with Crippen molar-refractivity contribution in [3.05, 3.63) is 65.9 Å². The number of nitrogens with zero attached hydrogens (tertiary/aromatic N) is 5. The molecule has 4 rings (SSSR count). The largest absolute Gasteiger partial charge is 0.497 e. The highest BCUT2D eigenvalue weighted by Crippen LogP contribution is 2.33. The summed E-state index contributed by atoms with van der Waals surface area (Å²) in [7, 11) is -0.331. The van der Waals surface area contributed by atoms with Crippen molar-refractivity contribution in [3.63, 3.8) is 0 Å². The lowest BCUT2D eigenvalue weighted by molar-refractivity contribution is -0.141. The first-order valence-electron chi connectivity index (χ1n) is 12.2. The van der Waals surface area contributed by atoms with Crippen LogP contribution in [0.4, 0.5) is 24.8 Å². The molecule has 0 radical (unpaired) electrons. The van der Waals surface area contributed by atoms with E-state index in [-0.39, 0.29) is 40.9 Å². The van der Waals surface area contributed by atoms with Crippen LogP contribution in [-0.2, 0) is 16.0 Å². The fourth-order valence-corrected chi connectivity index (χ4v) is 4.27. The molecule has 0 saturated carbocycles. The van der Waals surface area contributed by atoms with Crippen LogP contribution < -0.4 is 20.1 Å². The third kappa shape index (κ3) is 7.31. The van der Waals surface area contributed by atoms with Crippen LogP contribution in [0.25, 0.3) is 16.9 Å². The van der Waals surface area contributed by atoms with Gasteiger partial charge < -0.3 is 20.1 Å². The molecule has 1 amide bonds. The van der Waals surface area contributed by atoms with Crippen LogP contribution in [0.15, 0.2) is 48.9 Å². The summed E-state index contributed by atoms with van der Waals surface area (Å²) in [6.45, 7) is 1.33. The maximum atomic E-state index is 13.5. The number of nitrogens with one attached hydrogen (secondary N) is 2. The molecule has 0 atom stereocenters. The number of hydrogen-bond acceptors (Lipinski definition) is 10. The fraction of sp³-hybridized carbons (Fsp3) is 0.269. The lowest BCUT2D eigenvalue weighted by atomic mass is 10.1. The maximum Gasteiger partial charge on any atom is 0.435 e. The molecule has 0 aliphatic heterocycles. The van der Waals surface area contributed by atoms with Crippen molar-refractivity contribution in [1.82, 2.24) is 30.0 Å². The van der Waals surface area contributed by atoms with Crippen LogP contribution in [0.1, 0.15) is 21.7 Å². The Labute approximate surface area is 238 Å². The number of sulfone groups is 1.